The Morgan fingerprint density at radius 2 is 2.28 bits per heavy atom. The van der Waals surface area contributed by atoms with Gasteiger partial charge >= 0.3 is 0 Å². The summed E-state index contributed by atoms with van der Waals surface area (Å²) < 4.78 is 15.8. The molecule has 1 aliphatic heterocycles. The number of carbonyl (C=O) groups excluding carboxylic acids is 1. The molecule has 1 aromatic heterocycles. The van der Waals surface area contributed by atoms with Crippen LogP contribution in [-0.4, -0.2) is 54.3 Å². The van der Waals surface area contributed by atoms with Crippen molar-refractivity contribution in [1.82, 2.24) is 20.4 Å². The number of rotatable bonds is 6. The molecule has 0 aliphatic carbocycles. The number of carbonyl (C=O) groups is 1. The quantitative estimate of drug-likeness (QED) is 0.837. The second kappa shape index (κ2) is 8.09. The number of methoxy groups -OCH3 is 1. The fraction of sp³-hybridized carbons (Fsp3) is 0.471. The Balaban J connectivity index is 1.54. The molecule has 1 unspecified atom stereocenters. The molecule has 1 atom stereocenters. The molecule has 3 rings (SSSR count). The molecular formula is C17H22N4O4. The fourth-order valence-corrected chi connectivity index (χ4v) is 2.85. The molecule has 0 bridgehead atoms. The maximum atomic E-state index is 12.4. The van der Waals surface area contributed by atoms with Crippen LogP contribution in [0.5, 0.6) is 5.75 Å². The summed E-state index contributed by atoms with van der Waals surface area (Å²) in [4.78, 5) is 18.2. The van der Waals surface area contributed by atoms with Crippen molar-refractivity contribution < 1.29 is 18.8 Å². The molecule has 2 aromatic rings. The topological polar surface area (TPSA) is 89.7 Å². The van der Waals surface area contributed by atoms with Crippen molar-refractivity contribution in [2.24, 2.45) is 0 Å². The van der Waals surface area contributed by atoms with Gasteiger partial charge in [0.25, 0.3) is 5.89 Å². The third-order valence-corrected chi connectivity index (χ3v) is 4.06. The van der Waals surface area contributed by atoms with Crippen LogP contribution in [0.3, 0.4) is 0 Å². The zero-order chi connectivity index (χ0) is 17.6. The number of piperazine rings is 1. The monoisotopic (exact) mass is 346 g/mol. The Bertz CT molecular complexity index is 718. The summed E-state index contributed by atoms with van der Waals surface area (Å²) in [5.74, 6) is 1.68. The first-order chi connectivity index (χ1) is 12.2. The highest BCUT2D eigenvalue weighted by molar-refractivity contribution is 5.77. The largest absolute Gasteiger partial charge is 0.496 e. The van der Waals surface area contributed by atoms with Gasteiger partial charge in [-0.05, 0) is 13.0 Å². The predicted molar refractivity (Wildman–Crippen MR) is 89.0 cm³/mol. The highest BCUT2D eigenvalue weighted by atomic mass is 16.5. The van der Waals surface area contributed by atoms with Gasteiger partial charge in [-0.3, -0.25) is 4.79 Å². The van der Waals surface area contributed by atoms with E-state index < -0.39 is 0 Å². The smallest absolute Gasteiger partial charge is 0.252 e. The van der Waals surface area contributed by atoms with Gasteiger partial charge in [-0.15, -0.1) is 0 Å². The first-order valence-corrected chi connectivity index (χ1v) is 8.18. The van der Waals surface area contributed by atoms with Crippen LogP contribution in [-0.2, 0) is 16.1 Å². The van der Waals surface area contributed by atoms with Crippen LogP contribution in [0.15, 0.2) is 28.8 Å². The van der Waals surface area contributed by atoms with Crippen LogP contribution < -0.4 is 10.1 Å². The predicted octanol–water partition coefficient (Wildman–Crippen LogP) is 1.08. The van der Waals surface area contributed by atoms with Crippen molar-refractivity contribution in [2.45, 2.75) is 19.6 Å². The molecule has 8 nitrogen and oxygen atoms in total. The van der Waals surface area contributed by atoms with Crippen LogP contribution in [0, 0.1) is 6.92 Å². The fourth-order valence-electron chi connectivity index (χ4n) is 2.85. The second-order valence-electron chi connectivity index (χ2n) is 5.82. The van der Waals surface area contributed by atoms with E-state index in [2.05, 4.69) is 15.5 Å². The van der Waals surface area contributed by atoms with E-state index >= 15 is 0 Å². The lowest BCUT2D eigenvalue weighted by Gasteiger charge is -2.34. The van der Waals surface area contributed by atoms with Gasteiger partial charge in [0.15, 0.2) is 5.82 Å². The SMILES string of the molecule is COc1ccccc1C1CN(C(=O)COCc2nc(C)no2)CCN1. The van der Waals surface area contributed by atoms with Crippen molar-refractivity contribution >= 4 is 5.91 Å². The van der Waals surface area contributed by atoms with Crippen molar-refractivity contribution in [3.05, 3.63) is 41.5 Å². The minimum absolute atomic E-state index is 0.0138. The Hall–Kier alpha value is -2.45. The minimum atomic E-state index is -0.0577. The lowest BCUT2D eigenvalue weighted by molar-refractivity contribution is -0.138. The molecule has 1 saturated heterocycles. The highest BCUT2D eigenvalue weighted by Gasteiger charge is 2.26. The zero-order valence-corrected chi connectivity index (χ0v) is 14.4. The Morgan fingerprint density at radius 1 is 1.44 bits per heavy atom. The molecular weight excluding hydrogens is 324 g/mol. The number of benzene rings is 1. The van der Waals surface area contributed by atoms with E-state index in [1.807, 2.05) is 24.3 Å². The molecule has 2 heterocycles. The van der Waals surface area contributed by atoms with E-state index in [-0.39, 0.29) is 25.2 Å². The summed E-state index contributed by atoms with van der Waals surface area (Å²) in [5.41, 5.74) is 1.05. The maximum absolute atomic E-state index is 12.4. The number of para-hydroxylation sites is 1. The van der Waals surface area contributed by atoms with Crippen molar-refractivity contribution in [1.29, 1.82) is 0 Å². The Kier molecular flexibility index (Phi) is 5.62. The molecule has 0 spiro atoms. The number of nitrogens with one attached hydrogen (secondary N) is 1. The lowest BCUT2D eigenvalue weighted by Crippen LogP contribution is -2.49. The van der Waals surface area contributed by atoms with E-state index in [0.717, 1.165) is 17.9 Å². The van der Waals surface area contributed by atoms with Gasteiger partial charge in [-0.25, -0.2) is 0 Å². The summed E-state index contributed by atoms with van der Waals surface area (Å²) >= 11 is 0. The van der Waals surface area contributed by atoms with E-state index in [9.17, 15) is 4.79 Å². The van der Waals surface area contributed by atoms with E-state index in [1.54, 1.807) is 18.9 Å². The third-order valence-electron chi connectivity index (χ3n) is 4.06. The van der Waals surface area contributed by atoms with Crippen molar-refractivity contribution in [3.63, 3.8) is 0 Å². The maximum Gasteiger partial charge on any atom is 0.252 e. The first kappa shape index (κ1) is 17.4. The number of aromatic nitrogens is 2. The van der Waals surface area contributed by atoms with Crippen LogP contribution >= 0.6 is 0 Å². The molecule has 0 radical (unpaired) electrons. The van der Waals surface area contributed by atoms with Gasteiger partial charge in [0.2, 0.25) is 5.91 Å². The van der Waals surface area contributed by atoms with Gasteiger partial charge in [-0.2, -0.15) is 4.98 Å². The van der Waals surface area contributed by atoms with E-state index in [0.29, 0.717) is 24.8 Å². The van der Waals surface area contributed by atoms with Gasteiger partial charge in [0, 0.05) is 25.2 Å². The zero-order valence-electron chi connectivity index (χ0n) is 14.4. The second-order valence-corrected chi connectivity index (χ2v) is 5.82. The average Bonchev–Trinajstić information content (AvgIpc) is 3.07. The number of nitrogens with zero attached hydrogens (tertiary/aromatic N) is 3. The third kappa shape index (κ3) is 4.34. The van der Waals surface area contributed by atoms with Crippen LogP contribution in [0.4, 0.5) is 0 Å². The van der Waals surface area contributed by atoms with E-state index in [4.69, 9.17) is 14.0 Å². The summed E-state index contributed by atoms with van der Waals surface area (Å²) in [5, 5.41) is 7.11. The summed E-state index contributed by atoms with van der Waals surface area (Å²) in [6, 6.07) is 7.87. The summed E-state index contributed by atoms with van der Waals surface area (Å²) in [6.45, 7) is 3.79. The van der Waals surface area contributed by atoms with Crippen LogP contribution in [0.2, 0.25) is 0 Å². The number of ether oxygens (including phenoxy) is 2. The standard InChI is InChI=1S/C17H22N4O4/c1-12-19-16(25-20-12)10-24-11-17(22)21-8-7-18-14(9-21)13-5-3-4-6-15(13)23-2/h3-6,14,18H,7-11H2,1-2H3. The summed E-state index contributed by atoms with van der Waals surface area (Å²) in [7, 11) is 1.65. The van der Waals surface area contributed by atoms with Gasteiger partial charge in [-0.1, -0.05) is 23.4 Å². The molecule has 1 fully saturated rings. The highest BCUT2D eigenvalue weighted by Crippen LogP contribution is 2.26. The average molecular weight is 346 g/mol. The summed E-state index contributed by atoms with van der Waals surface area (Å²) in [6.07, 6.45) is 0. The molecule has 1 aliphatic rings. The molecule has 25 heavy (non-hydrogen) atoms. The molecule has 8 heteroatoms. The van der Waals surface area contributed by atoms with Gasteiger partial charge in [0.1, 0.15) is 19.0 Å². The van der Waals surface area contributed by atoms with Gasteiger partial charge < -0.3 is 24.2 Å². The molecule has 1 amide bonds. The Morgan fingerprint density at radius 3 is 3.04 bits per heavy atom. The number of amides is 1. The number of hydrogen-bond donors (Lipinski definition) is 1. The normalized spacial score (nSPS) is 17.5. The van der Waals surface area contributed by atoms with Crippen LogP contribution in [0.1, 0.15) is 23.3 Å². The molecule has 0 saturated carbocycles. The van der Waals surface area contributed by atoms with Crippen LogP contribution in [0.25, 0.3) is 0 Å². The Labute approximate surface area is 146 Å². The molecule has 134 valence electrons. The number of aryl methyl sites for hydroxylation is 1. The minimum Gasteiger partial charge on any atom is -0.496 e. The van der Waals surface area contributed by atoms with Crippen molar-refractivity contribution in [2.75, 3.05) is 33.4 Å². The van der Waals surface area contributed by atoms with Crippen molar-refractivity contribution in [3.8, 4) is 5.75 Å². The number of hydrogen-bond acceptors (Lipinski definition) is 7. The first-order valence-electron chi connectivity index (χ1n) is 8.18. The molecule has 1 aromatic carbocycles. The molecule has 1 N–H and O–H groups in total. The van der Waals surface area contributed by atoms with E-state index in [1.165, 1.54) is 0 Å². The lowest BCUT2D eigenvalue weighted by atomic mass is 10.0. The van der Waals surface area contributed by atoms with Gasteiger partial charge in [0.05, 0.1) is 13.2 Å².